The van der Waals surface area contributed by atoms with Crippen LogP contribution in [0, 0.1) is 11.8 Å². The Morgan fingerprint density at radius 3 is 2.75 bits per heavy atom. The van der Waals surface area contributed by atoms with Crippen molar-refractivity contribution in [1.29, 1.82) is 0 Å². The van der Waals surface area contributed by atoms with E-state index in [4.69, 9.17) is 15.2 Å². The average Bonchev–Trinajstić information content (AvgIpc) is 2.97. The van der Waals surface area contributed by atoms with E-state index in [-0.39, 0.29) is 12.0 Å². The molecule has 2 aliphatic carbocycles. The topological polar surface area (TPSA) is 73.6 Å². The lowest BCUT2D eigenvalue weighted by atomic mass is 9.85. The normalized spacial score (nSPS) is 27.1. The van der Waals surface area contributed by atoms with Gasteiger partial charge in [0.25, 0.3) is 0 Å². The van der Waals surface area contributed by atoms with Crippen molar-refractivity contribution in [3.05, 3.63) is 53.1 Å². The van der Waals surface area contributed by atoms with E-state index in [9.17, 15) is 4.79 Å². The zero-order chi connectivity index (χ0) is 22.1. The van der Waals surface area contributed by atoms with E-state index in [1.807, 2.05) is 12.1 Å². The van der Waals surface area contributed by atoms with Crippen LogP contribution in [0.25, 0.3) is 0 Å². The number of fused-ring (bicyclic) bond motifs is 2. The summed E-state index contributed by atoms with van der Waals surface area (Å²) < 4.78 is 12.2. The van der Waals surface area contributed by atoms with Gasteiger partial charge in [-0.3, -0.25) is 4.79 Å². The van der Waals surface area contributed by atoms with Gasteiger partial charge in [-0.05, 0) is 85.0 Å². The standard InChI is InChI=1S/C27H34N2O3/c1-31-22-8-6-18-14-20(12-17-4-2-3-5-21(28)13-17)27(24(18)16-22)32-23-9-10-25-19(15-23)7-11-26(30)29-25/h6,8-10,15-17,20-21,27H,2-5,7,11-14,28H2,1H3,(H,29,30). The van der Waals surface area contributed by atoms with Crippen molar-refractivity contribution in [2.75, 3.05) is 12.4 Å². The number of nitrogens with two attached hydrogens (primary N) is 1. The van der Waals surface area contributed by atoms with Crippen LogP contribution in [0.3, 0.4) is 0 Å². The molecule has 2 aromatic rings. The predicted molar refractivity (Wildman–Crippen MR) is 126 cm³/mol. The molecule has 0 radical (unpaired) electrons. The Balaban J connectivity index is 1.40. The minimum atomic E-state index is 0.0100. The van der Waals surface area contributed by atoms with Crippen LogP contribution in [0.1, 0.15) is 67.7 Å². The molecule has 4 unspecified atom stereocenters. The number of methoxy groups -OCH3 is 1. The lowest BCUT2D eigenvalue weighted by molar-refractivity contribution is -0.116. The number of hydrogen-bond donors (Lipinski definition) is 2. The number of carbonyl (C=O) groups excluding carboxylic acids is 1. The van der Waals surface area contributed by atoms with Gasteiger partial charge in [-0.2, -0.15) is 0 Å². The Kier molecular flexibility index (Phi) is 6.09. The third-order valence-corrected chi connectivity index (χ3v) is 7.51. The van der Waals surface area contributed by atoms with Crippen LogP contribution < -0.4 is 20.5 Å². The molecule has 1 heterocycles. The van der Waals surface area contributed by atoms with Crippen molar-refractivity contribution in [2.24, 2.45) is 17.6 Å². The van der Waals surface area contributed by atoms with Gasteiger partial charge in [-0.1, -0.05) is 25.3 Å². The summed E-state index contributed by atoms with van der Waals surface area (Å²) in [6.45, 7) is 0. The SMILES string of the molecule is COc1ccc2c(c1)C(Oc1ccc3c(c1)CCC(=O)N3)C(CC1CCCCC(N)C1)C2. The first-order chi connectivity index (χ1) is 15.6. The molecular formula is C27H34N2O3. The molecular weight excluding hydrogens is 400 g/mol. The molecule has 0 spiro atoms. The molecule has 5 heteroatoms. The maximum absolute atomic E-state index is 11.7. The molecule has 1 fully saturated rings. The number of nitrogens with one attached hydrogen (secondary N) is 1. The predicted octanol–water partition coefficient (Wildman–Crippen LogP) is 5.17. The van der Waals surface area contributed by atoms with Crippen molar-refractivity contribution in [3.63, 3.8) is 0 Å². The summed E-state index contributed by atoms with van der Waals surface area (Å²) >= 11 is 0. The molecule has 170 valence electrons. The molecule has 0 aromatic heterocycles. The molecule has 32 heavy (non-hydrogen) atoms. The highest BCUT2D eigenvalue weighted by Crippen LogP contribution is 2.45. The molecule has 1 aliphatic heterocycles. The van der Waals surface area contributed by atoms with Gasteiger partial charge in [0, 0.05) is 24.1 Å². The molecule has 5 rings (SSSR count). The van der Waals surface area contributed by atoms with E-state index in [2.05, 4.69) is 29.6 Å². The Hall–Kier alpha value is -2.53. The third-order valence-electron chi connectivity index (χ3n) is 7.51. The summed E-state index contributed by atoms with van der Waals surface area (Å²) in [6.07, 6.45) is 9.59. The Bertz CT molecular complexity index is 989. The third kappa shape index (κ3) is 4.49. The number of hydrogen-bond acceptors (Lipinski definition) is 4. The summed E-state index contributed by atoms with van der Waals surface area (Å²) in [5, 5.41) is 2.96. The Labute approximate surface area is 190 Å². The van der Waals surface area contributed by atoms with Crippen LogP contribution in [-0.2, 0) is 17.6 Å². The minimum absolute atomic E-state index is 0.0100. The molecule has 3 aliphatic rings. The lowest BCUT2D eigenvalue weighted by Gasteiger charge is -2.27. The average molecular weight is 435 g/mol. The number of ether oxygens (including phenoxy) is 2. The highest BCUT2D eigenvalue weighted by Gasteiger charge is 2.36. The van der Waals surface area contributed by atoms with Gasteiger partial charge in [0.15, 0.2) is 0 Å². The van der Waals surface area contributed by atoms with Crippen LogP contribution >= 0.6 is 0 Å². The maximum Gasteiger partial charge on any atom is 0.224 e. The molecule has 0 saturated heterocycles. The van der Waals surface area contributed by atoms with Crippen LogP contribution in [0.5, 0.6) is 11.5 Å². The van der Waals surface area contributed by atoms with Crippen LogP contribution in [0.15, 0.2) is 36.4 Å². The maximum atomic E-state index is 11.7. The van der Waals surface area contributed by atoms with E-state index in [0.717, 1.165) is 54.9 Å². The van der Waals surface area contributed by atoms with E-state index < -0.39 is 0 Å². The first-order valence-corrected chi connectivity index (χ1v) is 12.1. The molecule has 3 N–H and O–H groups in total. The number of rotatable bonds is 5. The summed E-state index contributed by atoms with van der Waals surface area (Å²) in [7, 11) is 1.72. The second kappa shape index (κ2) is 9.14. The Morgan fingerprint density at radius 2 is 1.88 bits per heavy atom. The minimum Gasteiger partial charge on any atom is -0.497 e. The Morgan fingerprint density at radius 1 is 1.03 bits per heavy atom. The summed E-state index contributed by atoms with van der Waals surface area (Å²) in [5.41, 5.74) is 11.0. The molecule has 2 aromatic carbocycles. The van der Waals surface area contributed by atoms with E-state index in [1.54, 1.807) is 7.11 Å². The second-order valence-corrected chi connectivity index (χ2v) is 9.82. The van der Waals surface area contributed by atoms with Crippen LogP contribution in [-0.4, -0.2) is 19.1 Å². The van der Waals surface area contributed by atoms with E-state index in [1.165, 1.54) is 30.4 Å². The van der Waals surface area contributed by atoms with Gasteiger partial charge < -0.3 is 20.5 Å². The van der Waals surface area contributed by atoms with Gasteiger partial charge in [-0.25, -0.2) is 0 Å². The first-order valence-electron chi connectivity index (χ1n) is 12.1. The second-order valence-electron chi connectivity index (χ2n) is 9.82. The molecule has 1 amide bonds. The van der Waals surface area contributed by atoms with Gasteiger partial charge in [-0.15, -0.1) is 0 Å². The zero-order valence-corrected chi connectivity index (χ0v) is 18.9. The quantitative estimate of drug-likeness (QED) is 0.637. The molecule has 1 saturated carbocycles. The monoisotopic (exact) mass is 434 g/mol. The number of anilines is 1. The number of aryl methyl sites for hydroxylation is 1. The molecule has 0 bridgehead atoms. The zero-order valence-electron chi connectivity index (χ0n) is 18.9. The largest absolute Gasteiger partial charge is 0.497 e. The van der Waals surface area contributed by atoms with Crippen molar-refractivity contribution in [1.82, 2.24) is 0 Å². The number of benzene rings is 2. The van der Waals surface area contributed by atoms with Gasteiger partial charge in [0.2, 0.25) is 5.91 Å². The molecule has 5 nitrogen and oxygen atoms in total. The van der Waals surface area contributed by atoms with E-state index >= 15 is 0 Å². The van der Waals surface area contributed by atoms with E-state index in [0.29, 0.717) is 24.3 Å². The summed E-state index contributed by atoms with van der Waals surface area (Å²) in [6, 6.07) is 12.8. The van der Waals surface area contributed by atoms with Gasteiger partial charge in [0.1, 0.15) is 17.6 Å². The van der Waals surface area contributed by atoms with Crippen molar-refractivity contribution >= 4 is 11.6 Å². The van der Waals surface area contributed by atoms with Crippen molar-refractivity contribution < 1.29 is 14.3 Å². The van der Waals surface area contributed by atoms with Crippen molar-refractivity contribution in [2.45, 2.75) is 69.9 Å². The lowest BCUT2D eigenvalue weighted by Crippen LogP contribution is -2.24. The molecule has 4 atom stereocenters. The fourth-order valence-electron chi connectivity index (χ4n) is 5.89. The highest BCUT2D eigenvalue weighted by atomic mass is 16.5. The van der Waals surface area contributed by atoms with Crippen LogP contribution in [0.2, 0.25) is 0 Å². The summed E-state index contributed by atoms with van der Waals surface area (Å²) in [4.78, 5) is 11.7. The highest BCUT2D eigenvalue weighted by molar-refractivity contribution is 5.94. The number of amides is 1. The fourth-order valence-corrected chi connectivity index (χ4v) is 5.89. The number of carbonyl (C=O) groups is 1. The van der Waals surface area contributed by atoms with Gasteiger partial charge in [0.05, 0.1) is 7.11 Å². The fraction of sp³-hybridized carbons (Fsp3) is 0.519. The van der Waals surface area contributed by atoms with Crippen LogP contribution in [0.4, 0.5) is 5.69 Å². The summed E-state index contributed by atoms with van der Waals surface area (Å²) in [5.74, 6) is 2.94. The first kappa shape index (κ1) is 21.3. The van der Waals surface area contributed by atoms with Crippen molar-refractivity contribution in [3.8, 4) is 11.5 Å². The smallest absolute Gasteiger partial charge is 0.224 e. The van der Waals surface area contributed by atoms with Gasteiger partial charge >= 0.3 is 0 Å².